The maximum atomic E-state index is 10.4. The van der Waals surface area contributed by atoms with Gasteiger partial charge in [-0.25, -0.2) is 0 Å². The highest BCUT2D eigenvalue weighted by Gasteiger charge is 1.99. The van der Waals surface area contributed by atoms with Crippen LogP contribution in [0.2, 0.25) is 0 Å². The predicted octanol–water partition coefficient (Wildman–Crippen LogP) is 8.92. The smallest absolute Gasteiger partial charge is 0.303 e. The number of carboxylic acid groups (broad SMARTS) is 1. The van der Waals surface area contributed by atoms with Crippen molar-refractivity contribution in [3.63, 3.8) is 0 Å². The van der Waals surface area contributed by atoms with Crippen molar-refractivity contribution in [3.05, 3.63) is 0 Å². The summed E-state index contributed by atoms with van der Waals surface area (Å²) in [7, 11) is 0. The van der Waals surface area contributed by atoms with Gasteiger partial charge in [0.2, 0.25) is 0 Å². The third kappa shape index (κ3) is 23.4. The van der Waals surface area contributed by atoms with Crippen LogP contribution in [-0.2, 0) is 4.79 Å². The Labute approximate surface area is 170 Å². The van der Waals surface area contributed by atoms with E-state index in [-0.39, 0.29) is 0 Å². The van der Waals surface area contributed by atoms with E-state index in [1.807, 2.05) is 0 Å². The molecule has 0 aliphatic heterocycles. The molecule has 27 heavy (non-hydrogen) atoms. The zero-order valence-electron chi connectivity index (χ0n) is 18.8. The average molecular weight is 383 g/mol. The first-order valence-corrected chi connectivity index (χ1v) is 12.4. The predicted molar refractivity (Wildman–Crippen MR) is 119 cm³/mol. The van der Waals surface area contributed by atoms with Gasteiger partial charge in [0.1, 0.15) is 0 Å². The van der Waals surface area contributed by atoms with Gasteiger partial charge >= 0.3 is 5.97 Å². The van der Waals surface area contributed by atoms with Gasteiger partial charge in [-0.05, 0) is 12.3 Å². The van der Waals surface area contributed by atoms with Crippen molar-refractivity contribution in [1.82, 2.24) is 0 Å². The summed E-state index contributed by atoms with van der Waals surface area (Å²) in [6.45, 7) is 4.69. The first-order chi connectivity index (χ1) is 13.2. The molecule has 1 unspecified atom stereocenters. The molecule has 0 aliphatic carbocycles. The quantitative estimate of drug-likeness (QED) is 0.190. The van der Waals surface area contributed by atoms with E-state index in [0.717, 1.165) is 18.8 Å². The second-order valence-electron chi connectivity index (χ2n) is 8.81. The minimum absolute atomic E-state index is 0.346. The zero-order chi connectivity index (χ0) is 20.0. The molecule has 0 spiro atoms. The molecule has 0 rings (SSSR count). The third-order valence-electron chi connectivity index (χ3n) is 6.03. The lowest BCUT2D eigenvalue weighted by atomic mass is 9.99. The average Bonchev–Trinajstić information content (AvgIpc) is 2.65. The summed E-state index contributed by atoms with van der Waals surface area (Å²) in [5.74, 6) is 0.280. The lowest BCUT2D eigenvalue weighted by molar-refractivity contribution is -0.137. The maximum Gasteiger partial charge on any atom is 0.303 e. The van der Waals surface area contributed by atoms with Gasteiger partial charge in [0.25, 0.3) is 0 Å². The van der Waals surface area contributed by atoms with Crippen LogP contribution in [-0.4, -0.2) is 11.1 Å². The normalized spacial score (nSPS) is 12.4. The van der Waals surface area contributed by atoms with Gasteiger partial charge in [-0.3, -0.25) is 4.79 Å². The van der Waals surface area contributed by atoms with E-state index >= 15 is 0 Å². The van der Waals surface area contributed by atoms with Crippen LogP contribution in [0.4, 0.5) is 0 Å². The molecule has 0 amide bonds. The molecule has 0 radical (unpaired) electrons. The monoisotopic (exact) mass is 382 g/mol. The van der Waals surface area contributed by atoms with Crippen LogP contribution in [0.15, 0.2) is 0 Å². The summed E-state index contributed by atoms with van der Waals surface area (Å²) in [4.78, 5) is 10.4. The Kier molecular flexibility index (Phi) is 21.3. The summed E-state index contributed by atoms with van der Waals surface area (Å²) in [5.41, 5.74) is 0. The fraction of sp³-hybridized carbons (Fsp3) is 0.960. The molecule has 1 atom stereocenters. The molecular weight excluding hydrogens is 332 g/mol. The highest BCUT2D eigenvalue weighted by molar-refractivity contribution is 5.66. The fourth-order valence-corrected chi connectivity index (χ4v) is 3.80. The highest BCUT2D eigenvalue weighted by atomic mass is 16.4. The minimum Gasteiger partial charge on any atom is -0.481 e. The largest absolute Gasteiger partial charge is 0.481 e. The van der Waals surface area contributed by atoms with Crippen LogP contribution in [0.5, 0.6) is 0 Å². The lowest BCUT2D eigenvalue weighted by Crippen LogP contribution is -1.93. The number of rotatable bonds is 22. The van der Waals surface area contributed by atoms with Crippen LogP contribution < -0.4 is 0 Å². The number of carboxylic acids is 1. The van der Waals surface area contributed by atoms with Gasteiger partial charge in [0.15, 0.2) is 0 Å². The Hall–Kier alpha value is -0.530. The standard InChI is InChI=1S/C25H50O2/c1-3-24(2)22-20-18-16-14-12-10-8-6-4-5-7-9-11-13-15-17-19-21-23-25(26)27/h24H,3-23H2,1-2H3,(H,26,27). The zero-order valence-corrected chi connectivity index (χ0v) is 18.8. The molecule has 0 heterocycles. The second-order valence-corrected chi connectivity index (χ2v) is 8.81. The molecule has 0 fully saturated rings. The summed E-state index contributed by atoms with van der Waals surface area (Å²) < 4.78 is 0. The van der Waals surface area contributed by atoms with Crippen LogP contribution in [0.3, 0.4) is 0 Å². The molecule has 0 aromatic carbocycles. The number of aliphatic carboxylic acids is 1. The van der Waals surface area contributed by atoms with Gasteiger partial charge in [-0.1, -0.05) is 136 Å². The van der Waals surface area contributed by atoms with E-state index in [4.69, 9.17) is 5.11 Å². The van der Waals surface area contributed by atoms with Crippen molar-refractivity contribution in [3.8, 4) is 0 Å². The van der Waals surface area contributed by atoms with Crippen molar-refractivity contribution in [2.24, 2.45) is 5.92 Å². The molecule has 2 heteroatoms. The van der Waals surface area contributed by atoms with Gasteiger partial charge in [-0.15, -0.1) is 0 Å². The molecule has 0 aromatic heterocycles. The molecular formula is C25H50O2. The number of hydrogen-bond donors (Lipinski definition) is 1. The van der Waals surface area contributed by atoms with E-state index in [9.17, 15) is 4.79 Å². The molecule has 0 bridgehead atoms. The maximum absolute atomic E-state index is 10.4. The minimum atomic E-state index is -0.650. The van der Waals surface area contributed by atoms with Gasteiger partial charge in [0.05, 0.1) is 0 Å². The van der Waals surface area contributed by atoms with E-state index in [1.165, 1.54) is 116 Å². The highest BCUT2D eigenvalue weighted by Crippen LogP contribution is 2.16. The van der Waals surface area contributed by atoms with Gasteiger partial charge in [-0.2, -0.15) is 0 Å². The first kappa shape index (κ1) is 26.5. The van der Waals surface area contributed by atoms with E-state index in [2.05, 4.69) is 13.8 Å². The van der Waals surface area contributed by atoms with Crippen LogP contribution >= 0.6 is 0 Å². The summed E-state index contributed by atoms with van der Waals surface area (Å²) in [5, 5.41) is 8.58. The summed E-state index contributed by atoms with van der Waals surface area (Å²) >= 11 is 0. The molecule has 0 saturated heterocycles. The number of carbonyl (C=O) groups is 1. The first-order valence-electron chi connectivity index (χ1n) is 12.4. The SMILES string of the molecule is CCC(C)CCCCCCCCCCCCCCCCCCCCC(=O)O. The molecule has 0 aliphatic rings. The fourth-order valence-electron chi connectivity index (χ4n) is 3.80. The van der Waals surface area contributed by atoms with Crippen molar-refractivity contribution in [1.29, 1.82) is 0 Å². The number of unbranched alkanes of at least 4 members (excludes halogenated alkanes) is 17. The van der Waals surface area contributed by atoms with E-state index in [1.54, 1.807) is 0 Å². The van der Waals surface area contributed by atoms with Crippen molar-refractivity contribution in [2.75, 3.05) is 0 Å². The second kappa shape index (κ2) is 21.8. The van der Waals surface area contributed by atoms with E-state index in [0.29, 0.717) is 6.42 Å². The lowest BCUT2D eigenvalue weighted by Gasteiger charge is -2.07. The van der Waals surface area contributed by atoms with Crippen molar-refractivity contribution >= 4 is 5.97 Å². The molecule has 0 aromatic rings. The van der Waals surface area contributed by atoms with Crippen molar-refractivity contribution in [2.45, 2.75) is 149 Å². The Balaban J connectivity index is 3.02. The van der Waals surface area contributed by atoms with Gasteiger partial charge in [0, 0.05) is 6.42 Å². The Bertz CT molecular complexity index is 301. The molecule has 0 saturated carbocycles. The molecule has 1 N–H and O–H groups in total. The van der Waals surface area contributed by atoms with Crippen LogP contribution in [0.1, 0.15) is 149 Å². The van der Waals surface area contributed by atoms with Gasteiger partial charge < -0.3 is 5.11 Å². The Morgan fingerprint density at radius 2 is 0.889 bits per heavy atom. The summed E-state index contributed by atoms with van der Waals surface area (Å²) in [6, 6.07) is 0. The Morgan fingerprint density at radius 1 is 0.593 bits per heavy atom. The summed E-state index contributed by atoms with van der Waals surface area (Å²) in [6.07, 6.45) is 27.5. The topological polar surface area (TPSA) is 37.3 Å². The van der Waals surface area contributed by atoms with E-state index < -0.39 is 5.97 Å². The molecule has 162 valence electrons. The van der Waals surface area contributed by atoms with Crippen LogP contribution in [0.25, 0.3) is 0 Å². The Morgan fingerprint density at radius 3 is 1.19 bits per heavy atom. The third-order valence-corrected chi connectivity index (χ3v) is 6.03. The molecule has 2 nitrogen and oxygen atoms in total. The number of hydrogen-bond acceptors (Lipinski definition) is 1. The van der Waals surface area contributed by atoms with Crippen LogP contribution in [0, 0.1) is 5.92 Å². The van der Waals surface area contributed by atoms with Crippen molar-refractivity contribution < 1.29 is 9.90 Å².